The predicted molar refractivity (Wildman–Crippen MR) is 70.0 cm³/mol. The van der Waals surface area contributed by atoms with E-state index in [1.165, 1.54) is 18.2 Å². The van der Waals surface area contributed by atoms with Crippen molar-refractivity contribution < 1.29 is 20.1 Å². The fourth-order valence-electron chi connectivity index (χ4n) is 2.70. The van der Waals surface area contributed by atoms with Crippen molar-refractivity contribution in [3.63, 3.8) is 0 Å². The Hall–Kier alpha value is -1.75. The van der Waals surface area contributed by atoms with E-state index in [2.05, 4.69) is 5.32 Å². The van der Waals surface area contributed by atoms with E-state index in [4.69, 9.17) is 0 Å². The summed E-state index contributed by atoms with van der Waals surface area (Å²) in [6.45, 7) is 0.597. The molecular weight excluding hydrogens is 246 g/mol. The molecule has 1 aliphatic carbocycles. The number of rotatable bonds is 4. The molecule has 4 N–H and O–H groups in total. The van der Waals surface area contributed by atoms with Crippen molar-refractivity contribution in [2.75, 3.05) is 13.2 Å². The minimum atomic E-state index is -0.487. The second-order valence-electron chi connectivity index (χ2n) is 5.01. The molecule has 0 heterocycles. The third kappa shape index (κ3) is 2.98. The van der Waals surface area contributed by atoms with E-state index in [9.17, 15) is 20.1 Å². The molecule has 1 saturated carbocycles. The van der Waals surface area contributed by atoms with E-state index in [1.54, 1.807) is 0 Å². The number of aliphatic hydroxyl groups is 1. The minimum absolute atomic E-state index is 0.0963. The molecular formula is C14H19NO4. The lowest BCUT2D eigenvalue weighted by Crippen LogP contribution is -2.31. The van der Waals surface area contributed by atoms with Gasteiger partial charge in [0.2, 0.25) is 0 Å². The third-order valence-corrected chi connectivity index (χ3v) is 3.82. The van der Waals surface area contributed by atoms with Crippen molar-refractivity contribution in [3.05, 3.63) is 23.8 Å². The number of benzene rings is 1. The molecule has 2 unspecified atom stereocenters. The van der Waals surface area contributed by atoms with Crippen LogP contribution in [0.1, 0.15) is 29.6 Å². The molecule has 0 aromatic heterocycles. The maximum absolute atomic E-state index is 11.9. The number of carbonyl (C=O) groups excluding carboxylic acids is 1. The van der Waals surface area contributed by atoms with Crippen LogP contribution in [0.5, 0.6) is 11.5 Å². The van der Waals surface area contributed by atoms with Gasteiger partial charge in [0, 0.05) is 13.2 Å². The van der Waals surface area contributed by atoms with Gasteiger partial charge in [-0.25, -0.2) is 0 Å². The number of phenolic OH excluding ortho intramolecular Hbond substituents is 2. The molecule has 0 radical (unpaired) electrons. The van der Waals surface area contributed by atoms with Crippen molar-refractivity contribution in [1.82, 2.24) is 5.32 Å². The van der Waals surface area contributed by atoms with Gasteiger partial charge in [-0.3, -0.25) is 4.79 Å². The summed E-state index contributed by atoms with van der Waals surface area (Å²) in [5.74, 6) is -0.454. The maximum Gasteiger partial charge on any atom is 0.258 e. The van der Waals surface area contributed by atoms with Crippen LogP contribution in [0.15, 0.2) is 18.2 Å². The quantitative estimate of drug-likeness (QED) is 0.659. The zero-order valence-electron chi connectivity index (χ0n) is 10.7. The predicted octanol–water partition coefficient (Wildman–Crippen LogP) is 1.24. The van der Waals surface area contributed by atoms with Gasteiger partial charge in [0.1, 0.15) is 17.1 Å². The number of amides is 1. The van der Waals surface area contributed by atoms with E-state index < -0.39 is 5.91 Å². The second-order valence-corrected chi connectivity index (χ2v) is 5.01. The summed E-state index contributed by atoms with van der Waals surface area (Å²) in [4.78, 5) is 11.9. The number of aliphatic hydroxyl groups excluding tert-OH is 1. The Morgan fingerprint density at radius 2 is 1.84 bits per heavy atom. The summed E-state index contributed by atoms with van der Waals surface area (Å²) in [6, 6.07) is 4.20. The van der Waals surface area contributed by atoms with Gasteiger partial charge in [0.25, 0.3) is 5.91 Å². The fraction of sp³-hybridized carbons (Fsp3) is 0.500. The highest BCUT2D eigenvalue weighted by Crippen LogP contribution is 2.31. The molecule has 1 aliphatic rings. The first-order valence-electron chi connectivity index (χ1n) is 6.53. The highest BCUT2D eigenvalue weighted by atomic mass is 16.3. The topological polar surface area (TPSA) is 89.8 Å². The Labute approximate surface area is 111 Å². The number of hydrogen-bond donors (Lipinski definition) is 4. The molecule has 0 bridgehead atoms. The lowest BCUT2D eigenvalue weighted by Gasteiger charge is -2.18. The largest absolute Gasteiger partial charge is 0.507 e. The van der Waals surface area contributed by atoms with Crippen LogP contribution < -0.4 is 5.32 Å². The Balaban J connectivity index is 1.98. The first kappa shape index (κ1) is 13.7. The number of hydrogen-bond acceptors (Lipinski definition) is 4. The average Bonchev–Trinajstić information content (AvgIpc) is 2.83. The summed E-state index contributed by atoms with van der Waals surface area (Å²) in [5, 5.41) is 31.1. The highest BCUT2D eigenvalue weighted by Gasteiger charge is 2.27. The molecule has 1 amide bonds. The van der Waals surface area contributed by atoms with Crippen LogP contribution >= 0.6 is 0 Å². The van der Waals surface area contributed by atoms with Crippen molar-refractivity contribution >= 4 is 5.91 Å². The van der Waals surface area contributed by atoms with Crippen molar-refractivity contribution in [2.24, 2.45) is 11.8 Å². The van der Waals surface area contributed by atoms with Gasteiger partial charge in [-0.05, 0) is 36.8 Å². The number of carbonyl (C=O) groups is 1. The molecule has 2 atom stereocenters. The molecule has 104 valence electrons. The molecule has 0 saturated heterocycles. The fourth-order valence-corrected chi connectivity index (χ4v) is 2.70. The summed E-state index contributed by atoms with van der Waals surface area (Å²) >= 11 is 0. The smallest absolute Gasteiger partial charge is 0.258 e. The summed E-state index contributed by atoms with van der Waals surface area (Å²) in [5.41, 5.74) is -0.0963. The standard InChI is InChI=1S/C14H19NO4/c16-8-10-4-1-3-9(10)7-15-14(19)13-11(17)5-2-6-12(13)18/h2,5-6,9-10,16-18H,1,3-4,7-8H2,(H,15,19). The number of nitrogens with one attached hydrogen (secondary N) is 1. The van der Waals surface area contributed by atoms with Crippen molar-refractivity contribution in [1.29, 1.82) is 0 Å². The molecule has 1 aromatic rings. The molecule has 19 heavy (non-hydrogen) atoms. The van der Waals surface area contributed by atoms with E-state index in [0.29, 0.717) is 6.54 Å². The first-order chi connectivity index (χ1) is 9.13. The van der Waals surface area contributed by atoms with Crippen molar-refractivity contribution in [2.45, 2.75) is 19.3 Å². The summed E-state index contributed by atoms with van der Waals surface area (Å²) < 4.78 is 0. The van der Waals surface area contributed by atoms with E-state index in [-0.39, 0.29) is 35.5 Å². The van der Waals surface area contributed by atoms with E-state index >= 15 is 0 Å². The molecule has 0 aliphatic heterocycles. The molecule has 5 nitrogen and oxygen atoms in total. The summed E-state index contributed by atoms with van der Waals surface area (Å²) in [7, 11) is 0. The molecule has 1 aromatic carbocycles. The van der Waals surface area contributed by atoms with Gasteiger partial charge in [-0.1, -0.05) is 12.5 Å². The van der Waals surface area contributed by atoms with Crippen LogP contribution in [0.4, 0.5) is 0 Å². The Bertz CT molecular complexity index is 441. The van der Waals surface area contributed by atoms with Gasteiger partial charge in [-0.15, -0.1) is 0 Å². The lowest BCUT2D eigenvalue weighted by atomic mass is 9.97. The zero-order valence-corrected chi connectivity index (χ0v) is 10.7. The monoisotopic (exact) mass is 265 g/mol. The van der Waals surface area contributed by atoms with E-state index in [0.717, 1.165) is 19.3 Å². The second kappa shape index (κ2) is 5.93. The van der Waals surface area contributed by atoms with Gasteiger partial charge in [-0.2, -0.15) is 0 Å². The Kier molecular flexibility index (Phi) is 4.27. The Morgan fingerprint density at radius 1 is 1.21 bits per heavy atom. The van der Waals surface area contributed by atoms with Gasteiger partial charge in [0.15, 0.2) is 0 Å². The average molecular weight is 265 g/mol. The lowest BCUT2D eigenvalue weighted by molar-refractivity contribution is 0.0932. The van der Waals surface area contributed by atoms with Crippen LogP contribution in [-0.2, 0) is 0 Å². The normalized spacial score (nSPS) is 22.4. The first-order valence-corrected chi connectivity index (χ1v) is 6.53. The van der Waals surface area contributed by atoms with Gasteiger partial charge in [0.05, 0.1) is 0 Å². The van der Waals surface area contributed by atoms with Crippen LogP contribution in [0.2, 0.25) is 0 Å². The van der Waals surface area contributed by atoms with Crippen LogP contribution in [-0.4, -0.2) is 34.4 Å². The number of aromatic hydroxyl groups is 2. The number of phenols is 2. The zero-order chi connectivity index (χ0) is 13.8. The Morgan fingerprint density at radius 3 is 2.47 bits per heavy atom. The van der Waals surface area contributed by atoms with Gasteiger partial charge >= 0.3 is 0 Å². The summed E-state index contributed by atoms with van der Waals surface area (Å²) in [6.07, 6.45) is 3.03. The SMILES string of the molecule is O=C(NCC1CCCC1CO)c1c(O)cccc1O. The molecule has 1 fully saturated rings. The van der Waals surface area contributed by atoms with Crippen LogP contribution in [0, 0.1) is 11.8 Å². The molecule has 5 heteroatoms. The minimum Gasteiger partial charge on any atom is -0.507 e. The van der Waals surface area contributed by atoms with Crippen molar-refractivity contribution in [3.8, 4) is 11.5 Å². The highest BCUT2D eigenvalue weighted by molar-refractivity contribution is 5.99. The maximum atomic E-state index is 11.9. The third-order valence-electron chi connectivity index (χ3n) is 3.82. The molecule has 2 rings (SSSR count). The molecule has 0 spiro atoms. The van der Waals surface area contributed by atoms with Gasteiger partial charge < -0.3 is 20.6 Å². The van der Waals surface area contributed by atoms with E-state index in [1.807, 2.05) is 0 Å². The van der Waals surface area contributed by atoms with Crippen LogP contribution in [0.3, 0.4) is 0 Å². The van der Waals surface area contributed by atoms with Crippen LogP contribution in [0.25, 0.3) is 0 Å².